The van der Waals surface area contributed by atoms with Crippen LogP contribution in [0, 0.1) is 6.92 Å². The van der Waals surface area contributed by atoms with Crippen LogP contribution in [-0.4, -0.2) is 25.5 Å². The van der Waals surface area contributed by atoms with Crippen LogP contribution in [-0.2, 0) is 4.79 Å². The molecule has 1 aliphatic heterocycles. The lowest BCUT2D eigenvalue weighted by Gasteiger charge is -2.35. The predicted molar refractivity (Wildman–Crippen MR) is 65.7 cm³/mol. The number of hydrogen-bond donors (Lipinski definition) is 2. The van der Waals surface area contributed by atoms with Crippen molar-refractivity contribution in [1.29, 1.82) is 0 Å². The summed E-state index contributed by atoms with van der Waals surface area (Å²) in [7, 11) is 1.94. The Bertz CT molecular complexity index is 417. The summed E-state index contributed by atoms with van der Waals surface area (Å²) < 4.78 is 0. The highest BCUT2D eigenvalue weighted by Crippen LogP contribution is 2.33. The maximum atomic E-state index is 11.9. The summed E-state index contributed by atoms with van der Waals surface area (Å²) in [5, 5.41) is 2.96. The molecule has 4 heteroatoms. The minimum atomic E-state index is -0.153. The summed E-state index contributed by atoms with van der Waals surface area (Å²) >= 11 is 0. The molecule has 0 spiro atoms. The molecular weight excluding hydrogens is 202 g/mol. The van der Waals surface area contributed by atoms with E-state index >= 15 is 0 Å². The van der Waals surface area contributed by atoms with E-state index in [-0.39, 0.29) is 11.9 Å². The van der Waals surface area contributed by atoms with Crippen LogP contribution in [0.1, 0.15) is 12.0 Å². The van der Waals surface area contributed by atoms with Gasteiger partial charge in [-0.15, -0.1) is 0 Å². The Hall–Kier alpha value is -1.55. The zero-order valence-corrected chi connectivity index (χ0v) is 9.66. The fraction of sp³-hybridized carbons (Fsp3) is 0.417. The molecule has 1 amide bonds. The fourth-order valence-corrected chi connectivity index (χ4v) is 2.14. The zero-order valence-electron chi connectivity index (χ0n) is 9.66. The number of amides is 1. The normalized spacial score (nSPS) is 19.3. The lowest BCUT2D eigenvalue weighted by molar-refractivity contribution is -0.117. The Morgan fingerprint density at radius 1 is 1.50 bits per heavy atom. The first-order chi connectivity index (χ1) is 7.65. The first kappa shape index (κ1) is 11.0. The second-order valence-electron chi connectivity index (χ2n) is 4.16. The lowest BCUT2D eigenvalue weighted by atomic mass is 10.0. The van der Waals surface area contributed by atoms with Gasteiger partial charge in [-0.2, -0.15) is 0 Å². The first-order valence-corrected chi connectivity index (χ1v) is 5.48. The maximum Gasteiger partial charge on any atom is 0.247 e. The Morgan fingerprint density at radius 2 is 2.25 bits per heavy atom. The Kier molecular flexibility index (Phi) is 2.83. The number of hydrogen-bond acceptors (Lipinski definition) is 3. The summed E-state index contributed by atoms with van der Waals surface area (Å²) in [6, 6.07) is 5.86. The molecule has 0 bridgehead atoms. The average Bonchev–Trinajstić information content (AvgIpc) is 2.26. The molecule has 0 saturated carbocycles. The van der Waals surface area contributed by atoms with Crippen molar-refractivity contribution in [2.75, 3.05) is 23.8 Å². The third-order valence-corrected chi connectivity index (χ3v) is 3.09. The van der Waals surface area contributed by atoms with Crippen molar-refractivity contribution >= 4 is 17.3 Å². The first-order valence-electron chi connectivity index (χ1n) is 5.48. The van der Waals surface area contributed by atoms with Crippen molar-refractivity contribution in [3.8, 4) is 0 Å². The van der Waals surface area contributed by atoms with Crippen LogP contribution in [0.4, 0.5) is 11.4 Å². The summed E-state index contributed by atoms with van der Waals surface area (Å²) in [4.78, 5) is 13.9. The minimum Gasteiger partial charge on any atom is -0.361 e. The van der Waals surface area contributed by atoms with Gasteiger partial charge < -0.3 is 16.0 Å². The number of anilines is 2. The van der Waals surface area contributed by atoms with Gasteiger partial charge in [0.25, 0.3) is 0 Å². The van der Waals surface area contributed by atoms with Crippen LogP contribution in [0.3, 0.4) is 0 Å². The van der Waals surface area contributed by atoms with Crippen LogP contribution in [0.5, 0.6) is 0 Å². The third kappa shape index (κ3) is 1.65. The van der Waals surface area contributed by atoms with Gasteiger partial charge in [0.1, 0.15) is 6.04 Å². The van der Waals surface area contributed by atoms with Crippen molar-refractivity contribution in [2.45, 2.75) is 19.4 Å². The van der Waals surface area contributed by atoms with Crippen LogP contribution in [0.25, 0.3) is 0 Å². The Labute approximate surface area is 95.4 Å². The topological polar surface area (TPSA) is 58.4 Å². The number of para-hydroxylation sites is 1. The van der Waals surface area contributed by atoms with Crippen molar-refractivity contribution in [2.24, 2.45) is 5.73 Å². The largest absolute Gasteiger partial charge is 0.361 e. The van der Waals surface area contributed by atoms with E-state index in [2.05, 4.69) is 5.32 Å². The van der Waals surface area contributed by atoms with Crippen molar-refractivity contribution < 1.29 is 4.79 Å². The number of carbonyl (C=O) groups excluding carboxylic acids is 1. The van der Waals surface area contributed by atoms with Crippen LogP contribution in [0.15, 0.2) is 18.2 Å². The van der Waals surface area contributed by atoms with Crippen LogP contribution < -0.4 is 16.0 Å². The standard InChI is InChI=1S/C12H17N3O/c1-8-4-3-5-9-11(8)14-12(16)10(6-7-13)15(9)2/h3-5,10H,6-7,13H2,1-2H3,(H,14,16). The van der Waals surface area contributed by atoms with Gasteiger partial charge in [0.15, 0.2) is 0 Å². The number of likely N-dealkylation sites (N-methyl/N-ethyl adjacent to an activating group) is 1. The fourth-order valence-electron chi connectivity index (χ4n) is 2.14. The highest BCUT2D eigenvalue weighted by molar-refractivity contribution is 6.04. The smallest absolute Gasteiger partial charge is 0.247 e. The highest BCUT2D eigenvalue weighted by Gasteiger charge is 2.30. The van der Waals surface area contributed by atoms with E-state index in [1.165, 1.54) is 0 Å². The zero-order chi connectivity index (χ0) is 11.7. The number of fused-ring (bicyclic) bond motifs is 1. The monoisotopic (exact) mass is 219 g/mol. The Balaban J connectivity index is 2.41. The minimum absolute atomic E-state index is 0.0368. The molecule has 3 N–H and O–H groups in total. The molecule has 16 heavy (non-hydrogen) atoms. The highest BCUT2D eigenvalue weighted by atomic mass is 16.2. The summed E-state index contributed by atoms with van der Waals surface area (Å²) in [6.45, 7) is 2.51. The van der Waals surface area contributed by atoms with Crippen LogP contribution in [0.2, 0.25) is 0 Å². The van der Waals surface area contributed by atoms with Gasteiger partial charge in [0.05, 0.1) is 11.4 Å². The van der Waals surface area contributed by atoms with Crippen molar-refractivity contribution in [3.05, 3.63) is 23.8 Å². The van der Waals surface area contributed by atoms with E-state index in [4.69, 9.17) is 5.73 Å². The van der Waals surface area contributed by atoms with Gasteiger partial charge in [-0.1, -0.05) is 12.1 Å². The van der Waals surface area contributed by atoms with Gasteiger partial charge in [0, 0.05) is 7.05 Å². The summed E-state index contributed by atoms with van der Waals surface area (Å²) in [5.74, 6) is 0.0368. The Morgan fingerprint density at radius 3 is 2.94 bits per heavy atom. The lowest BCUT2D eigenvalue weighted by Crippen LogP contribution is -2.47. The molecule has 1 aromatic carbocycles. The van der Waals surface area contributed by atoms with Crippen LogP contribution >= 0.6 is 0 Å². The number of rotatable bonds is 2. The molecule has 2 rings (SSSR count). The number of carbonyl (C=O) groups is 1. The summed E-state index contributed by atoms with van der Waals surface area (Å²) in [5.41, 5.74) is 8.60. The predicted octanol–water partition coefficient (Wildman–Crippen LogP) is 1.10. The van der Waals surface area contributed by atoms with E-state index < -0.39 is 0 Å². The van der Waals surface area contributed by atoms with Crippen molar-refractivity contribution in [3.63, 3.8) is 0 Å². The molecule has 4 nitrogen and oxygen atoms in total. The molecule has 1 heterocycles. The van der Waals surface area contributed by atoms with E-state index in [1.807, 2.05) is 37.1 Å². The second-order valence-corrected chi connectivity index (χ2v) is 4.16. The second kappa shape index (κ2) is 4.14. The number of benzene rings is 1. The van der Waals surface area contributed by atoms with Gasteiger partial charge in [-0.25, -0.2) is 0 Å². The molecule has 1 unspecified atom stereocenters. The molecule has 1 aromatic rings. The quantitative estimate of drug-likeness (QED) is 0.783. The molecule has 0 aromatic heterocycles. The van der Waals surface area contributed by atoms with Crippen molar-refractivity contribution in [1.82, 2.24) is 0 Å². The molecule has 1 atom stereocenters. The molecule has 0 radical (unpaired) electrons. The van der Waals surface area contributed by atoms with Gasteiger partial charge in [-0.05, 0) is 31.5 Å². The van der Waals surface area contributed by atoms with Gasteiger partial charge >= 0.3 is 0 Å². The van der Waals surface area contributed by atoms with E-state index in [0.717, 1.165) is 16.9 Å². The van der Waals surface area contributed by atoms with E-state index in [1.54, 1.807) is 0 Å². The third-order valence-electron chi connectivity index (χ3n) is 3.09. The van der Waals surface area contributed by atoms with E-state index in [9.17, 15) is 4.79 Å². The molecule has 0 fully saturated rings. The molecule has 0 aliphatic carbocycles. The summed E-state index contributed by atoms with van der Waals surface area (Å²) in [6.07, 6.45) is 0.676. The van der Waals surface area contributed by atoms with Gasteiger partial charge in [-0.3, -0.25) is 4.79 Å². The molecular formula is C12H17N3O. The number of nitrogens with zero attached hydrogens (tertiary/aromatic N) is 1. The maximum absolute atomic E-state index is 11.9. The van der Waals surface area contributed by atoms with E-state index in [0.29, 0.717) is 13.0 Å². The van der Waals surface area contributed by atoms with Gasteiger partial charge in [0.2, 0.25) is 5.91 Å². The number of nitrogens with two attached hydrogens (primary N) is 1. The number of aryl methyl sites for hydroxylation is 1. The molecule has 86 valence electrons. The molecule has 1 aliphatic rings. The number of nitrogens with one attached hydrogen (secondary N) is 1. The average molecular weight is 219 g/mol. The molecule has 0 saturated heterocycles. The SMILES string of the molecule is Cc1cccc2c1NC(=O)C(CCN)N2C.